The number of carbonyl (C=O) groups is 10. The van der Waals surface area contributed by atoms with Gasteiger partial charge in [-0.15, -0.1) is 0 Å². The van der Waals surface area contributed by atoms with Crippen LogP contribution in [0.4, 0.5) is 0 Å². The lowest BCUT2D eigenvalue weighted by Gasteiger charge is -2.30. The molecule has 0 aliphatic rings. The van der Waals surface area contributed by atoms with E-state index in [-0.39, 0.29) is 5.92 Å². The van der Waals surface area contributed by atoms with E-state index >= 15 is 0 Å². The van der Waals surface area contributed by atoms with Crippen molar-refractivity contribution in [3.63, 3.8) is 0 Å². The van der Waals surface area contributed by atoms with E-state index < -0.39 is 150 Å². The van der Waals surface area contributed by atoms with E-state index in [1.165, 1.54) is 13.8 Å². The third-order valence-corrected chi connectivity index (χ3v) is 10.2. The Hall–Kier alpha value is -5.42. The number of hydrogen-bond acceptors (Lipinski definition) is 13. The summed E-state index contributed by atoms with van der Waals surface area (Å²) in [6.45, 7) is 16.6. The first-order chi connectivity index (χ1) is 29.1. The Labute approximate surface area is 368 Å². The molecule has 0 aromatic heterocycles. The molecule has 0 bridgehead atoms. The number of nitrogens with two attached hydrogens (primary N) is 2. The molecule has 0 rings (SSSR count). The van der Waals surface area contributed by atoms with Gasteiger partial charge in [0, 0.05) is 0 Å². The quantitative estimate of drug-likeness (QED) is 0.0361. The Morgan fingerprint density at radius 2 is 0.937 bits per heavy atom. The van der Waals surface area contributed by atoms with E-state index in [4.69, 9.17) is 11.5 Å². The van der Waals surface area contributed by atoms with Crippen LogP contribution in [0.1, 0.15) is 102 Å². The van der Waals surface area contributed by atoms with E-state index in [0.717, 1.165) is 6.92 Å². The predicted octanol–water partition coefficient (Wildman–Crippen LogP) is -3.64. The second-order valence-corrected chi connectivity index (χ2v) is 16.7. The minimum Gasteiger partial charge on any atom is -0.480 e. The van der Waals surface area contributed by atoms with Crippen LogP contribution in [0.25, 0.3) is 0 Å². The number of nitrogens with one attached hydrogen (secondary N) is 8. The molecule has 0 saturated carbocycles. The first kappa shape index (κ1) is 57.6. The second kappa shape index (κ2) is 27.6. The summed E-state index contributed by atoms with van der Waals surface area (Å²) in [6, 6.07) is -11.3. The summed E-state index contributed by atoms with van der Waals surface area (Å²) in [4.78, 5) is 129. The summed E-state index contributed by atoms with van der Waals surface area (Å²) < 4.78 is 0. The lowest BCUT2D eigenvalue weighted by atomic mass is 9.96. The standard InChI is InChI=1S/C40H72N10O13/c1-12-19(7)29(36(58)44-21(9)33(55)43-16-27(54)46-28(18(5)6)40(62)63)48-39(61)32(23(11)52)49-35(57)25(15-26(42)53)45-38(60)31(22(10)51)50-37(59)30(20(8)13-2)47-34(56)24(41)14-17(3)4/h17-25,28-32,51-52H,12-16,41H2,1-11H3,(H2,42,53)(H,43,55)(H,44,58)(H,45,60)(H,46,54)(H,47,56)(H,48,61)(H,49,57)(H,50,59)(H,62,63)/t19-,20-,21-,22+,23+,24-,25-,28-,29-,30-,31-,32-/m0/s1. The number of primary amides is 1. The number of aliphatic hydroxyl groups is 2. The summed E-state index contributed by atoms with van der Waals surface area (Å²) in [5, 5.41) is 49.3. The van der Waals surface area contributed by atoms with Crippen LogP contribution >= 0.6 is 0 Å². The van der Waals surface area contributed by atoms with Gasteiger partial charge in [0.15, 0.2) is 0 Å². The van der Waals surface area contributed by atoms with Crippen LogP contribution in [0.3, 0.4) is 0 Å². The Bertz CT molecular complexity index is 1610. The van der Waals surface area contributed by atoms with Crippen LogP contribution < -0.4 is 54.0 Å². The molecule has 23 nitrogen and oxygen atoms in total. The van der Waals surface area contributed by atoms with Crippen molar-refractivity contribution < 1.29 is 63.3 Å². The highest BCUT2D eigenvalue weighted by Gasteiger charge is 2.38. The van der Waals surface area contributed by atoms with Gasteiger partial charge in [-0.1, -0.05) is 68.2 Å². The minimum atomic E-state index is -1.82. The summed E-state index contributed by atoms with van der Waals surface area (Å²) >= 11 is 0. The van der Waals surface area contributed by atoms with Gasteiger partial charge < -0.3 is 69.3 Å². The number of hydrogen-bond donors (Lipinski definition) is 13. The van der Waals surface area contributed by atoms with E-state index in [0.29, 0.717) is 19.3 Å². The molecule has 360 valence electrons. The molecule has 9 amide bonds. The lowest BCUT2D eigenvalue weighted by molar-refractivity contribution is -0.143. The van der Waals surface area contributed by atoms with Crippen molar-refractivity contribution in [3.05, 3.63) is 0 Å². The molecule has 0 radical (unpaired) electrons. The summed E-state index contributed by atoms with van der Waals surface area (Å²) in [6.07, 6.45) is -3.01. The van der Waals surface area contributed by atoms with Gasteiger partial charge in [0.05, 0.1) is 31.2 Å². The van der Waals surface area contributed by atoms with Crippen LogP contribution in [-0.4, -0.2) is 142 Å². The average Bonchev–Trinajstić information content (AvgIpc) is 3.18. The third-order valence-electron chi connectivity index (χ3n) is 10.2. The van der Waals surface area contributed by atoms with Crippen LogP contribution in [-0.2, 0) is 47.9 Å². The first-order valence-corrected chi connectivity index (χ1v) is 21.1. The van der Waals surface area contributed by atoms with Gasteiger partial charge in [-0.2, -0.15) is 0 Å². The van der Waals surface area contributed by atoms with Crippen molar-refractivity contribution in [2.45, 2.75) is 162 Å². The van der Waals surface area contributed by atoms with E-state index in [2.05, 4.69) is 42.5 Å². The number of carboxylic acid groups (broad SMARTS) is 1. The van der Waals surface area contributed by atoms with Gasteiger partial charge in [0.25, 0.3) is 0 Å². The normalized spacial score (nSPS) is 17.0. The average molecular weight is 901 g/mol. The predicted molar refractivity (Wildman–Crippen MR) is 228 cm³/mol. The maximum atomic E-state index is 13.6. The molecule has 0 heterocycles. The third kappa shape index (κ3) is 20.1. The van der Waals surface area contributed by atoms with Gasteiger partial charge >= 0.3 is 5.97 Å². The minimum absolute atomic E-state index is 0.0770. The number of aliphatic carboxylic acids is 1. The van der Waals surface area contributed by atoms with Crippen molar-refractivity contribution in [3.8, 4) is 0 Å². The second-order valence-electron chi connectivity index (χ2n) is 16.7. The van der Waals surface area contributed by atoms with Crippen molar-refractivity contribution in [1.29, 1.82) is 0 Å². The zero-order valence-corrected chi connectivity index (χ0v) is 38.2. The molecule has 0 aromatic carbocycles. The van der Waals surface area contributed by atoms with Crippen LogP contribution in [0.5, 0.6) is 0 Å². The topological polar surface area (TPSA) is 380 Å². The zero-order chi connectivity index (χ0) is 49.0. The Morgan fingerprint density at radius 3 is 1.35 bits per heavy atom. The van der Waals surface area contributed by atoms with Gasteiger partial charge in [-0.05, 0) is 50.9 Å². The highest BCUT2D eigenvalue weighted by Crippen LogP contribution is 2.13. The molecule has 0 unspecified atom stereocenters. The number of amides is 9. The fourth-order valence-corrected chi connectivity index (χ4v) is 5.93. The van der Waals surface area contributed by atoms with Crippen molar-refractivity contribution in [2.75, 3.05) is 6.54 Å². The molecule has 23 heteroatoms. The molecule has 0 aromatic rings. The highest BCUT2D eigenvalue weighted by molar-refractivity contribution is 5.99. The van der Waals surface area contributed by atoms with Gasteiger partial charge in [0.1, 0.15) is 42.3 Å². The van der Waals surface area contributed by atoms with Crippen molar-refractivity contribution >= 4 is 59.1 Å². The summed E-state index contributed by atoms with van der Waals surface area (Å²) in [5.41, 5.74) is 11.4. The van der Waals surface area contributed by atoms with Crippen molar-refractivity contribution in [1.82, 2.24) is 42.5 Å². The molecule has 0 aliphatic heterocycles. The first-order valence-electron chi connectivity index (χ1n) is 21.1. The van der Waals surface area contributed by atoms with Gasteiger partial charge in [-0.25, -0.2) is 4.79 Å². The van der Waals surface area contributed by atoms with Gasteiger partial charge in [-0.3, -0.25) is 43.2 Å². The maximum absolute atomic E-state index is 13.6. The number of carboxylic acids is 1. The van der Waals surface area contributed by atoms with E-state index in [1.807, 2.05) is 13.8 Å². The molecule has 12 atom stereocenters. The highest BCUT2D eigenvalue weighted by atomic mass is 16.4. The Balaban J connectivity index is 6.12. The molecule has 63 heavy (non-hydrogen) atoms. The zero-order valence-electron chi connectivity index (χ0n) is 38.2. The van der Waals surface area contributed by atoms with E-state index in [9.17, 15) is 63.3 Å². The molecular formula is C40H72N10O13. The SMILES string of the molecule is CC[C@H](C)[C@H](NC(=O)[C@@H](NC(=O)[C@H](CC(N)=O)NC(=O)[C@@H](NC(=O)[C@@H](NC(=O)[C@@H](N)CC(C)C)[C@@H](C)CC)[C@@H](C)O)[C@@H](C)O)C(=O)N[C@@H](C)C(=O)NCC(=O)N[C@H](C(=O)O)C(C)C. The molecular weight excluding hydrogens is 828 g/mol. The molecule has 0 aliphatic carbocycles. The molecule has 0 fully saturated rings. The number of carbonyl (C=O) groups excluding carboxylic acids is 9. The Morgan fingerprint density at radius 1 is 0.524 bits per heavy atom. The Kier molecular flexibility index (Phi) is 25.2. The van der Waals surface area contributed by atoms with Crippen molar-refractivity contribution in [2.24, 2.45) is 35.1 Å². The van der Waals surface area contributed by atoms with Crippen LogP contribution in [0, 0.1) is 23.7 Å². The largest absolute Gasteiger partial charge is 0.480 e. The fourth-order valence-electron chi connectivity index (χ4n) is 5.93. The maximum Gasteiger partial charge on any atom is 0.326 e. The monoisotopic (exact) mass is 901 g/mol. The summed E-state index contributed by atoms with van der Waals surface area (Å²) in [7, 11) is 0. The molecule has 0 spiro atoms. The van der Waals surface area contributed by atoms with Crippen LogP contribution in [0.15, 0.2) is 0 Å². The van der Waals surface area contributed by atoms with E-state index in [1.54, 1.807) is 41.5 Å². The van der Waals surface area contributed by atoms with Crippen LogP contribution in [0.2, 0.25) is 0 Å². The fraction of sp³-hybridized carbons (Fsp3) is 0.750. The number of aliphatic hydroxyl groups excluding tert-OH is 2. The molecule has 15 N–H and O–H groups in total. The van der Waals surface area contributed by atoms with Gasteiger partial charge in [0.2, 0.25) is 53.2 Å². The lowest BCUT2D eigenvalue weighted by Crippen LogP contribution is -2.63. The molecule has 0 saturated heterocycles. The smallest absolute Gasteiger partial charge is 0.326 e. The summed E-state index contributed by atoms with van der Waals surface area (Å²) in [5.74, 6) is -11.1. The number of rotatable bonds is 28.